The predicted molar refractivity (Wildman–Crippen MR) is 191 cm³/mol. The van der Waals surface area contributed by atoms with Gasteiger partial charge >= 0.3 is 12.1 Å². The zero-order valence-corrected chi connectivity index (χ0v) is 29.9. The molecule has 0 atom stereocenters. The molecule has 2 N–H and O–H groups in total. The third kappa shape index (κ3) is 9.96. The van der Waals surface area contributed by atoms with Crippen LogP contribution in [0.25, 0.3) is 5.69 Å². The van der Waals surface area contributed by atoms with E-state index in [1.807, 2.05) is 78.8 Å². The van der Waals surface area contributed by atoms with Gasteiger partial charge in [-0.3, -0.25) is 10.3 Å². The fourth-order valence-electron chi connectivity index (χ4n) is 5.44. The van der Waals surface area contributed by atoms with Gasteiger partial charge in [0.05, 0.1) is 23.7 Å². The van der Waals surface area contributed by atoms with Crippen LogP contribution in [-0.2, 0) is 10.2 Å². The van der Waals surface area contributed by atoms with Gasteiger partial charge in [0.1, 0.15) is 34.5 Å². The molecule has 1 aliphatic heterocycles. The lowest BCUT2D eigenvalue weighted by atomic mass is 9.92. The predicted octanol–water partition coefficient (Wildman–Crippen LogP) is 8.86. The number of pyridine rings is 1. The Morgan fingerprint density at radius 1 is 0.900 bits per heavy atom. The van der Waals surface area contributed by atoms with E-state index < -0.39 is 17.4 Å². The van der Waals surface area contributed by atoms with Crippen molar-refractivity contribution < 1.29 is 28.2 Å². The smallest absolute Gasteiger partial charge is 0.410 e. The molecule has 1 fully saturated rings. The topological polar surface area (TPSA) is 120 Å². The van der Waals surface area contributed by atoms with Gasteiger partial charge in [-0.15, -0.1) is 0 Å². The van der Waals surface area contributed by atoms with Crippen molar-refractivity contribution in [3.63, 3.8) is 0 Å². The quantitative estimate of drug-likeness (QED) is 0.181. The minimum atomic E-state index is -0.644. The van der Waals surface area contributed by atoms with E-state index in [-0.39, 0.29) is 17.2 Å². The van der Waals surface area contributed by atoms with Crippen LogP contribution in [0.15, 0.2) is 66.9 Å². The minimum absolute atomic E-state index is 0.00188. The van der Waals surface area contributed by atoms with Gasteiger partial charge in [0, 0.05) is 48.6 Å². The number of aromatic nitrogens is 3. The van der Waals surface area contributed by atoms with Gasteiger partial charge in [0.15, 0.2) is 0 Å². The van der Waals surface area contributed by atoms with Crippen LogP contribution in [0.1, 0.15) is 72.2 Å². The molecule has 11 nitrogen and oxygen atoms in total. The molecule has 2 aromatic heterocycles. The highest BCUT2D eigenvalue weighted by atomic mass is 19.1. The normalized spacial score (nSPS) is 13.9. The maximum Gasteiger partial charge on any atom is 0.410 e. The third-order valence-corrected chi connectivity index (χ3v) is 8.15. The second kappa shape index (κ2) is 15.2. The highest BCUT2D eigenvalue weighted by Crippen LogP contribution is 2.29. The van der Waals surface area contributed by atoms with Crippen molar-refractivity contribution in [3.05, 3.63) is 84.1 Å². The summed E-state index contributed by atoms with van der Waals surface area (Å²) in [4.78, 5) is 31.4. The van der Waals surface area contributed by atoms with Gasteiger partial charge in [-0.05, 0) is 95.3 Å². The number of anilines is 2. The van der Waals surface area contributed by atoms with E-state index in [9.17, 15) is 14.0 Å². The van der Waals surface area contributed by atoms with Crippen molar-refractivity contribution in [2.45, 2.75) is 78.7 Å². The second-order valence-electron chi connectivity index (χ2n) is 14.6. The van der Waals surface area contributed by atoms with Crippen LogP contribution in [0, 0.1) is 18.7 Å². The Hall–Kier alpha value is -5.13. The first-order valence-electron chi connectivity index (χ1n) is 16.9. The molecular weight excluding hydrogens is 639 g/mol. The average molecular weight is 687 g/mol. The number of aryl methyl sites for hydroxylation is 1. The van der Waals surface area contributed by atoms with Gasteiger partial charge in [0.2, 0.25) is 0 Å². The van der Waals surface area contributed by atoms with Crippen LogP contribution in [0.2, 0.25) is 0 Å². The van der Waals surface area contributed by atoms with Crippen LogP contribution < -0.4 is 20.1 Å². The van der Waals surface area contributed by atoms with Gasteiger partial charge < -0.3 is 24.4 Å². The summed E-state index contributed by atoms with van der Waals surface area (Å²) in [6.07, 6.45) is 4.09. The fraction of sp³-hybridized carbons (Fsp3) is 0.421. The number of carbonyl (C=O) groups excluding carboxylic acids is 2. The largest absolute Gasteiger partial charge is 0.494 e. The molecule has 2 aromatic carbocycles. The molecule has 3 amide bonds. The van der Waals surface area contributed by atoms with E-state index in [1.54, 1.807) is 34.0 Å². The van der Waals surface area contributed by atoms with E-state index in [0.29, 0.717) is 42.9 Å². The van der Waals surface area contributed by atoms with Crippen LogP contribution >= 0.6 is 0 Å². The Kier molecular flexibility index (Phi) is 11.0. The molecule has 0 radical (unpaired) electrons. The first kappa shape index (κ1) is 36.2. The lowest BCUT2D eigenvalue weighted by Gasteiger charge is -2.33. The summed E-state index contributed by atoms with van der Waals surface area (Å²) in [5.41, 5.74) is 1.47. The van der Waals surface area contributed by atoms with Crippen molar-refractivity contribution in [3.8, 4) is 22.9 Å². The molecule has 0 saturated carbocycles. The molecule has 0 unspecified atom stereocenters. The number of nitrogens with zero attached hydrogens (tertiary/aromatic N) is 4. The molecule has 12 heteroatoms. The summed E-state index contributed by atoms with van der Waals surface area (Å²) < 4.78 is 33.9. The summed E-state index contributed by atoms with van der Waals surface area (Å²) in [6, 6.07) is 16.3. The molecular formula is C38H47FN6O5. The summed E-state index contributed by atoms with van der Waals surface area (Å²) >= 11 is 0. The van der Waals surface area contributed by atoms with Crippen LogP contribution in [-0.4, -0.2) is 57.1 Å². The number of hydrogen-bond acceptors (Lipinski definition) is 7. The van der Waals surface area contributed by atoms with Crippen LogP contribution in [0.5, 0.6) is 17.2 Å². The minimum Gasteiger partial charge on any atom is -0.494 e. The molecule has 1 aliphatic rings. The number of nitrogens with one attached hydrogen (secondary N) is 2. The first-order valence-corrected chi connectivity index (χ1v) is 16.9. The van der Waals surface area contributed by atoms with Gasteiger partial charge in [-0.25, -0.2) is 18.7 Å². The number of urea groups is 1. The molecule has 1 saturated heterocycles. The number of halogens is 1. The molecule has 266 valence electrons. The van der Waals surface area contributed by atoms with Crippen molar-refractivity contribution in [2.24, 2.45) is 5.92 Å². The van der Waals surface area contributed by atoms with E-state index >= 15 is 0 Å². The Morgan fingerprint density at radius 2 is 1.58 bits per heavy atom. The lowest BCUT2D eigenvalue weighted by Crippen LogP contribution is -2.41. The maximum absolute atomic E-state index is 15.0. The zero-order valence-electron chi connectivity index (χ0n) is 29.9. The Bertz CT molecular complexity index is 1790. The van der Waals surface area contributed by atoms with Crippen LogP contribution in [0.3, 0.4) is 0 Å². The highest BCUT2D eigenvalue weighted by molar-refractivity contribution is 5.99. The zero-order chi connectivity index (χ0) is 36.1. The summed E-state index contributed by atoms with van der Waals surface area (Å²) in [5.74, 6) is 1.80. The number of amides is 3. The van der Waals surface area contributed by atoms with E-state index in [4.69, 9.17) is 19.3 Å². The second-order valence-corrected chi connectivity index (χ2v) is 14.6. The Labute approximate surface area is 293 Å². The van der Waals surface area contributed by atoms with Crippen molar-refractivity contribution in [1.82, 2.24) is 19.7 Å². The molecule has 5 rings (SSSR count). The number of benzene rings is 2. The molecule has 0 aliphatic carbocycles. The van der Waals surface area contributed by atoms with Crippen LogP contribution in [0.4, 0.5) is 25.5 Å². The van der Waals surface area contributed by atoms with Gasteiger partial charge in [0.25, 0.3) is 0 Å². The SMILES string of the molecule is Cc1cc(Oc2ccc(NC(=O)Nc3cc(C(C)(C)C)nn3-c3ccc(OCCC4CCN(C(=O)OC(C)(C)C)CC4)cc3)c(F)c2)ccn1. The van der Waals surface area contributed by atoms with Crippen molar-refractivity contribution in [1.29, 1.82) is 0 Å². The Morgan fingerprint density at radius 3 is 2.22 bits per heavy atom. The molecule has 0 spiro atoms. The summed E-state index contributed by atoms with van der Waals surface area (Å²) in [5, 5.41) is 10.2. The van der Waals surface area contributed by atoms with E-state index in [1.165, 1.54) is 12.1 Å². The summed E-state index contributed by atoms with van der Waals surface area (Å²) in [6.45, 7) is 15.5. The number of carbonyl (C=O) groups is 2. The van der Waals surface area contributed by atoms with E-state index in [2.05, 4.69) is 15.6 Å². The average Bonchev–Trinajstić information content (AvgIpc) is 3.46. The van der Waals surface area contributed by atoms with Crippen molar-refractivity contribution >= 4 is 23.6 Å². The number of likely N-dealkylation sites (tertiary alicyclic amines) is 1. The number of hydrogen-bond donors (Lipinski definition) is 2. The lowest BCUT2D eigenvalue weighted by molar-refractivity contribution is 0.0177. The molecule has 4 aromatic rings. The monoisotopic (exact) mass is 686 g/mol. The fourth-order valence-corrected chi connectivity index (χ4v) is 5.44. The van der Waals surface area contributed by atoms with Gasteiger partial charge in [-0.2, -0.15) is 5.10 Å². The molecule has 50 heavy (non-hydrogen) atoms. The number of ether oxygens (including phenoxy) is 3. The maximum atomic E-state index is 15.0. The first-order chi connectivity index (χ1) is 23.6. The van der Waals surface area contributed by atoms with Crippen molar-refractivity contribution in [2.75, 3.05) is 30.3 Å². The summed E-state index contributed by atoms with van der Waals surface area (Å²) in [7, 11) is 0. The standard InChI is InChI=1S/C38H47FN6O5/c1-25-22-30(14-18-40-25)49-29-12-13-32(31(39)23-29)41-35(46)42-34-24-33(37(2,3)4)43-45(34)27-8-10-28(11-9-27)48-21-17-26-15-19-44(20-16-26)36(47)50-38(5,6)7/h8-14,18,22-24,26H,15-17,19-21H2,1-7H3,(H2,41,42,46). The van der Waals surface area contributed by atoms with E-state index in [0.717, 1.165) is 42.1 Å². The third-order valence-electron chi connectivity index (χ3n) is 8.15. The number of rotatable bonds is 9. The molecule has 0 bridgehead atoms. The number of piperidine rings is 1. The molecule has 3 heterocycles. The van der Waals surface area contributed by atoms with Gasteiger partial charge in [-0.1, -0.05) is 20.8 Å². The highest BCUT2D eigenvalue weighted by Gasteiger charge is 2.27. The Balaban J connectivity index is 1.17.